The van der Waals surface area contributed by atoms with Crippen LogP contribution in [0.4, 0.5) is 0 Å². The highest BCUT2D eigenvalue weighted by molar-refractivity contribution is 5.93. The van der Waals surface area contributed by atoms with E-state index in [1.54, 1.807) is 14.2 Å². The Morgan fingerprint density at radius 1 is 1.21 bits per heavy atom. The Morgan fingerprint density at radius 3 is 2.42 bits per heavy atom. The Kier molecular flexibility index (Phi) is 3.90. The number of nitrogens with two attached hydrogens (primary N) is 1. The Bertz CT molecular complexity index is 594. The number of rotatable bonds is 4. The van der Waals surface area contributed by atoms with Gasteiger partial charge < -0.3 is 15.2 Å². The number of aromatic nitrogens is 1. The standard InChI is InChI=1S/C15H20N2O2/c1-9(16)7-11-8-10(2)17-15-13(19-4)6-5-12(18-3)14(11)15/h5-6,8-9H,7,16H2,1-4H3. The van der Waals surface area contributed by atoms with Crippen LogP contribution in [0.5, 0.6) is 11.5 Å². The Hall–Kier alpha value is -1.81. The maximum absolute atomic E-state index is 5.94. The van der Waals surface area contributed by atoms with Gasteiger partial charge in [0, 0.05) is 17.1 Å². The summed E-state index contributed by atoms with van der Waals surface area (Å²) in [7, 11) is 3.31. The summed E-state index contributed by atoms with van der Waals surface area (Å²) in [6, 6.07) is 5.93. The molecule has 0 fully saturated rings. The van der Waals surface area contributed by atoms with Gasteiger partial charge in [0.1, 0.15) is 17.0 Å². The smallest absolute Gasteiger partial charge is 0.145 e. The van der Waals surface area contributed by atoms with E-state index >= 15 is 0 Å². The van der Waals surface area contributed by atoms with Crippen molar-refractivity contribution in [2.45, 2.75) is 26.3 Å². The van der Waals surface area contributed by atoms with E-state index in [0.29, 0.717) is 0 Å². The molecule has 1 aromatic carbocycles. The van der Waals surface area contributed by atoms with E-state index in [4.69, 9.17) is 15.2 Å². The number of hydrogen-bond donors (Lipinski definition) is 1. The number of pyridine rings is 1. The summed E-state index contributed by atoms with van der Waals surface area (Å²) >= 11 is 0. The Balaban J connectivity index is 2.79. The molecule has 4 nitrogen and oxygen atoms in total. The van der Waals surface area contributed by atoms with E-state index in [0.717, 1.165) is 40.1 Å². The van der Waals surface area contributed by atoms with E-state index in [2.05, 4.69) is 11.1 Å². The van der Waals surface area contributed by atoms with E-state index < -0.39 is 0 Å². The lowest BCUT2D eigenvalue weighted by molar-refractivity contribution is 0.409. The summed E-state index contributed by atoms with van der Waals surface area (Å²) < 4.78 is 10.8. The second-order valence-corrected chi connectivity index (χ2v) is 4.80. The van der Waals surface area contributed by atoms with Gasteiger partial charge in [0.15, 0.2) is 0 Å². The Labute approximate surface area is 113 Å². The van der Waals surface area contributed by atoms with Crippen molar-refractivity contribution in [1.82, 2.24) is 4.98 Å². The molecule has 1 heterocycles. The van der Waals surface area contributed by atoms with Crippen molar-refractivity contribution < 1.29 is 9.47 Å². The molecule has 1 aromatic heterocycles. The van der Waals surface area contributed by atoms with Crippen molar-refractivity contribution in [3.8, 4) is 11.5 Å². The molecule has 0 amide bonds. The molecule has 0 radical (unpaired) electrons. The van der Waals surface area contributed by atoms with E-state index in [1.165, 1.54) is 0 Å². The first-order valence-corrected chi connectivity index (χ1v) is 6.33. The van der Waals surface area contributed by atoms with E-state index in [-0.39, 0.29) is 6.04 Å². The first-order chi connectivity index (χ1) is 9.06. The molecular weight excluding hydrogens is 240 g/mol. The van der Waals surface area contributed by atoms with Gasteiger partial charge in [-0.3, -0.25) is 0 Å². The van der Waals surface area contributed by atoms with Gasteiger partial charge in [-0.05, 0) is 44.0 Å². The van der Waals surface area contributed by atoms with Crippen molar-refractivity contribution in [3.63, 3.8) is 0 Å². The molecule has 0 bridgehead atoms. The van der Waals surface area contributed by atoms with E-state index in [9.17, 15) is 0 Å². The fourth-order valence-corrected chi connectivity index (χ4v) is 2.35. The number of methoxy groups -OCH3 is 2. The molecule has 0 spiro atoms. The van der Waals surface area contributed by atoms with Gasteiger partial charge in [-0.1, -0.05) is 0 Å². The van der Waals surface area contributed by atoms with E-state index in [1.807, 2.05) is 26.0 Å². The third-order valence-corrected chi connectivity index (χ3v) is 3.08. The van der Waals surface area contributed by atoms with Gasteiger partial charge in [-0.25, -0.2) is 4.98 Å². The summed E-state index contributed by atoms with van der Waals surface area (Å²) in [5.41, 5.74) is 8.87. The highest BCUT2D eigenvalue weighted by atomic mass is 16.5. The highest BCUT2D eigenvalue weighted by Crippen LogP contribution is 2.35. The fraction of sp³-hybridized carbons (Fsp3) is 0.400. The largest absolute Gasteiger partial charge is 0.496 e. The average Bonchev–Trinajstić information content (AvgIpc) is 2.36. The fourth-order valence-electron chi connectivity index (χ4n) is 2.35. The number of hydrogen-bond acceptors (Lipinski definition) is 4. The molecule has 1 atom stereocenters. The van der Waals surface area contributed by atoms with Crippen LogP contribution in [-0.2, 0) is 6.42 Å². The minimum absolute atomic E-state index is 0.0842. The molecule has 2 aromatic rings. The molecule has 1 unspecified atom stereocenters. The minimum atomic E-state index is 0.0842. The summed E-state index contributed by atoms with van der Waals surface area (Å²) in [4.78, 5) is 4.58. The molecule has 2 N–H and O–H groups in total. The van der Waals surface area contributed by atoms with Crippen LogP contribution in [0.3, 0.4) is 0 Å². The van der Waals surface area contributed by atoms with Gasteiger partial charge in [0.05, 0.1) is 14.2 Å². The average molecular weight is 260 g/mol. The maximum Gasteiger partial charge on any atom is 0.145 e. The summed E-state index contributed by atoms with van der Waals surface area (Å²) in [6.45, 7) is 3.97. The third-order valence-electron chi connectivity index (χ3n) is 3.08. The topological polar surface area (TPSA) is 57.4 Å². The number of fused-ring (bicyclic) bond motifs is 1. The molecule has 19 heavy (non-hydrogen) atoms. The predicted octanol–water partition coefficient (Wildman–Crippen LogP) is 2.45. The first kappa shape index (κ1) is 13.6. The lowest BCUT2D eigenvalue weighted by Gasteiger charge is -2.15. The van der Waals surface area contributed by atoms with Crippen molar-refractivity contribution in [1.29, 1.82) is 0 Å². The summed E-state index contributed by atoms with van der Waals surface area (Å²) in [5.74, 6) is 1.56. The van der Waals surface area contributed by atoms with Crippen LogP contribution in [0.25, 0.3) is 10.9 Å². The predicted molar refractivity (Wildman–Crippen MR) is 76.9 cm³/mol. The molecule has 0 saturated heterocycles. The molecule has 0 aliphatic carbocycles. The van der Waals surface area contributed by atoms with Crippen LogP contribution in [-0.4, -0.2) is 25.2 Å². The van der Waals surface area contributed by atoms with Crippen LogP contribution >= 0.6 is 0 Å². The quantitative estimate of drug-likeness (QED) is 0.917. The molecular formula is C15H20N2O2. The van der Waals surface area contributed by atoms with Crippen LogP contribution in [0, 0.1) is 6.92 Å². The molecule has 0 saturated carbocycles. The number of aryl methyl sites for hydroxylation is 1. The SMILES string of the molecule is COc1ccc(OC)c2c(CC(C)N)cc(C)nc12. The second kappa shape index (κ2) is 5.45. The monoisotopic (exact) mass is 260 g/mol. The van der Waals surface area contributed by atoms with Gasteiger partial charge in [-0.15, -0.1) is 0 Å². The zero-order valence-electron chi connectivity index (χ0n) is 11.9. The van der Waals surface area contributed by atoms with Crippen molar-refractivity contribution in [2.75, 3.05) is 14.2 Å². The molecule has 4 heteroatoms. The zero-order valence-corrected chi connectivity index (χ0v) is 11.9. The van der Waals surface area contributed by atoms with Crippen LogP contribution < -0.4 is 15.2 Å². The lowest BCUT2D eigenvalue weighted by atomic mass is 10.0. The van der Waals surface area contributed by atoms with Crippen molar-refractivity contribution >= 4 is 10.9 Å². The van der Waals surface area contributed by atoms with Gasteiger partial charge >= 0.3 is 0 Å². The minimum Gasteiger partial charge on any atom is -0.496 e. The zero-order chi connectivity index (χ0) is 14.0. The molecule has 2 rings (SSSR count). The highest BCUT2D eigenvalue weighted by Gasteiger charge is 2.14. The summed E-state index contributed by atoms with van der Waals surface area (Å²) in [6.07, 6.45) is 0.781. The van der Waals surface area contributed by atoms with Crippen molar-refractivity contribution in [2.24, 2.45) is 5.73 Å². The first-order valence-electron chi connectivity index (χ1n) is 6.33. The maximum atomic E-state index is 5.94. The van der Waals surface area contributed by atoms with Crippen LogP contribution in [0.2, 0.25) is 0 Å². The second-order valence-electron chi connectivity index (χ2n) is 4.80. The molecule has 0 aliphatic rings. The number of ether oxygens (including phenoxy) is 2. The Morgan fingerprint density at radius 2 is 1.84 bits per heavy atom. The van der Waals surface area contributed by atoms with Gasteiger partial charge in [0.25, 0.3) is 0 Å². The molecule has 102 valence electrons. The van der Waals surface area contributed by atoms with Crippen LogP contribution in [0.15, 0.2) is 18.2 Å². The summed E-state index contributed by atoms with van der Waals surface area (Å²) in [5, 5.41) is 0.991. The third kappa shape index (κ3) is 2.63. The normalized spacial score (nSPS) is 12.5. The number of benzene rings is 1. The number of nitrogens with zero attached hydrogens (tertiary/aromatic N) is 1. The van der Waals surface area contributed by atoms with Gasteiger partial charge in [-0.2, -0.15) is 0 Å². The van der Waals surface area contributed by atoms with Crippen LogP contribution in [0.1, 0.15) is 18.2 Å². The van der Waals surface area contributed by atoms with Crippen molar-refractivity contribution in [3.05, 3.63) is 29.5 Å². The molecule has 0 aliphatic heterocycles. The lowest BCUT2D eigenvalue weighted by Crippen LogP contribution is -2.18. The van der Waals surface area contributed by atoms with Gasteiger partial charge in [0.2, 0.25) is 0 Å².